The molecule has 5 nitrogen and oxygen atoms in total. The third-order valence-electron chi connectivity index (χ3n) is 2.90. The minimum absolute atomic E-state index is 0.195. The summed E-state index contributed by atoms with van der Waals surface area (Å²) in [5, 5.41) is 11.7. The Balaban J connectivity index is 2.15. The minimum atomic E-state index is -1.01. The molecule has 6 heteroatoms. The maximum atomic E-state index is 12.1. The molecule has 0 saturated heterocycles. The first-order valence-corrected chi connectivity index (χ1v) is 7.22. The molecule has 0 unspecified atom stereocenters. The lowest BCUT2D eigenvalue weighted by atomic mass is 10.0. The Hall–Kier alpha value is -1.95. The lowest BCUT2D eigenvalue weighted by Gasteiger charge is -2.16. The molecule has 1 heterocycles. The molecule has 1 atom stereocenters. The summed E-state index contributed by atoms with van der Waals surface area (Å²) in [6.07, 6.45) is 0.407. The van der Waals surface area contributed by atoms with E-state index in [0.29, 0.717) is 12.0 Å². The van der Waals surface area contributed by atoms with Gasteiger partial charge in [0.1, 0.15) is 6.04 Å². The Bertz CT molecular complexity index is 636. The van der Waals surface area contributed by atoms with Crippen LogP contribution >= 0.6 is 11.3 Å². The summed E-state index contributed by atoms with van der Waals surface area (Å²) in [6, 6.07) is 4.29. The highest BCUT2D eigenvalue weighted by atomic mass is 32.1. The quantitative estimate of drug-likeness (QED) is 0.887. The summed E-state index contributed by atoms with van der Waals surface area (Å²) in [7, 11) is 0. The summed E-state index contributed by atoms with van der Waals surface area (Å²) in [5.74, 6) is -1.18. The van der Waals surface area contributed by atoms with Crippen LogP contribution in [-0.4, -0.2) is 28.0 Å². The molecule has 0 radical (unpaired) electrons. The van der Waals surface area contributed by atoms with Crippen molar-refractivity contribution in [2.45, 2.75) is 26.3 Å². The van der Waals surface area contributed by atoms with Crippen molar-refractivity contribution in [3.05, 3.63) is 29.3 Å². The van der Waals surface area contributed by atoms with Crippen molar-refractivity contribution < 1.29 is 14.7 Å². The standard InChI is InChI=1S/C14H16N2O3S/c1-8(2)5-11(14(18)19)16-13(17)9-3-4-10-12(6-9)20-7-15-10/h3-4,6-8,11H,5H2,1-2H3,(H,16,17)(H,18,19)/t11-/m1/s1. The topological polar surface area (TPSA) is 79.3 Å². The zero-order valence-electron chi connectivity index (χ0n) is 11.3. The first-order valence-electron chi connectivity index (χ1n) is 6.34. The van der Waals surface area contributed by atoms with Gasteiger partial charge in [-0.2, -0.15) is 0 Å². The third kappa shape index (κ3) is 3.33. The molecule has 0 saturated carbocycles. The Morgan fingerprint density at radius 2 is 2.15 bits per heavy atom. The number of thiazole rings is 1. The van der Waals surface area contributed by atoms with E-state index in [4.69, 9.17) is 5.11 Å². The molecule has 0 aliphatic rings. The highest BCUT2D eigenvalue weighted by Gasteiger charge is 2.21. The molecule has 1 aromatic heterocycles. The van der Waals surface area contributed by atoms with E-state index in [2.05, 4.69) is 10.3 Å². The Morgan fingerprint density at radius 3 is 2.80 bits per heavy atom. The van der Waals surface area contributed by atoms with Crippen LogP contribution in [0.4, 0.5) is 0 Å². The summed E-state index contributed by atoms with van der Waals surface area (Å²) in [6.45, 7) is 3.84. The van der Waals surface area contributed by atoms with Crippen LogP contribution in [0.25, 0.3) is 10.2 Å². The van der Waals surface area contributed by atoms with Crippen molar-refractivity contribution in [2.24, 2.45) is 5.92 Å². The van der Waals surface area contributed by atoms with Gasteiger partial charge in [0.05, 0.1) is 15.7 Å². The molecular weight excluding hydrogens is 276 g/mol. The number of aliphatic carboxylic acids is 1. The largest absolute Gasteiger partial charge is 0.480 e. The van der Waals surface area contributed by atoms with Crippen molar-refractivity contribution in [3.8, 4) is 0 Å². The number of fused-ring (bicyclic) bond motifs is 1. The van der Waals surface area contributed by atoms with E-state index < -0.39 is 12.0 Å². The number of hydrogen-bond donors (Lipinski definition) is 2. The molecule has 20 heavy (non-hydrogen) atoms. The molecule has 1 aromatic carbocycles. The molecule has 0 spiro atoms. The summed E-state index contributed by atoms with van der Waals surface area (Å²) in [5.41, 5.74) is 3.01. The SMILES string of the molecule is CC(C)C[C@@H](NC(=O)c1ccc2ncsc2c1)C(=O)O. The van der Waals surface area contributed by atoms with Crippen LogP contribution in [-0.2, 0) is 4.79 Å². The van der Waals surface area contributed by atoms with E-state index in [-0.39, 0.29) is 11.8 Å². The molecule has 2 aromatic rings. The Morgan fingerprint density at radius 1 is 1.40 bits per heavy atom. The number of rotatable bonds is 5. The van der Waals surface area contributed by atoms with Gasteiger partial charge in [0.15, 0.2) is 0 Å². The van der Waals surface area contributed by atoms with E-state index in [1.54, 1.807) is 23.7 Å². The maximum Gasteiger partial charge on any atom is 0.326 e. The van der Waals surface area contributed by atoms with Crippen molar-refractivity contribution in [3.63, 3.8) is 0 Å². The van der Waals surface area contributed by atoms with Crippen LogP contribution in [0.2, 0.25) is 0 Å². The fraction of sp³-hybridized carbons (Fsp3) is 0.357. The van der Waals surface area contributed by atoms with Crippen LogP contribution in [0.5, 0.6) is 0 Å². The number of carboxylic acid groups (broad SMARTS) is 1. The van der Waals surface area contributed by atoms with Crippen molar-refractivity contribution >= 4 is 33.4 Å². The van der Waals surface area contributed by atoms with Gasteiger partial charge >= 0.3 is 5.97 Å². The van der Waals surface area contributed by atoms with E-state index in [1.165, 1.54) is 11.3 Å². The maximum absolute atomic E-state index is 12.1. The molecule has 0 fully saturated rings. The monoisotopic (exact) mass is 292 g/mol. The molecular formula is C14H16N2O3S. The van der Waals surface area contributed by atoms with Gasteiger partial charge in [0.2, 0.25) is 0 Å². The number of carbonyl (C=O) groups excluding carboxylic acids is 1. The van der Waals surface area contributed by atoms with E-state index in [1.807, 2.05) is 13.8 Å². The molecule has 2 N–H and O–H groups in total. The van der Waals surface area contributed by atoms with Gasteiger partial charge in [0.25, 0.3) is 5.91 Å². The van der Waals surface area contributed by atoms with Crippen LogP contribution in [0, 0.1) is 5.92 Å². The third-order valence-corrected chi connectivity index (χ3v) is 3.70. The molecule has 106 valence electrons. The second-order valence-corrected chi connectivity index (χ2v) is 5.92. The summed E-state index contributed by atoms with van der Waals surface area (Å²) in [4.78, 5) is 27.4. The Labute approximate surface area is 120 Å². The van der Waals surface area contributed by atoms with Crippen LogP contribution < -0.4 is 5.32 Å². The number of aromatic nitrogens is 1. The average molecular weight is 292 g/mol. The molecule has 1 amide bonds. The first kappa shape index (κ1) is 14.5. The second kappa shape index (κ2) is 6.00. The zero-order chi connectivity index (χ0) is 14.7. The van der Waals surface area contributed by atoms with Gasteiger partial charge in [-0.3, -0.25) is 4.79 Å². The van der Waals surface area contributed by atoms with Gasteiger partial charge in [-0.1, -0.05) is 13.8 Å². The van der Waals surface area contributed by atoms with Gasteiger partial charge in [-0.15, -0.1) is 11.3 Å². The second-order valence-electron chi connectivity index (χ2n) is 5.03. The smallest absolute Gasteiger partial charge is 0.326 e. The van der Waals surface area contributed by atoms with Crippen LogP contribution in [0.3, 0.4) is 0 Å². The summed E-state index contributed by atoms with van der Waals surface area (Å²) >= 11 is 1.45. The van der Waals surface area contributed by atoms with Gasteiger partial charge in [0, 0.05) is 5.56 Å². The highest BCUT2D eigenvalue weighted by Crippen LogP contribution is 2.19. The number of nitrogens with zero attached hydrogens (tertiary/aromatic N) is 1. The van der Waals surface area contributed by atoms with Crippen LogP contribution in [0.1, 0.15) is 30.6 Å². The highest BCUT2D eigenvalue weighted by molar-refractivity contribution is 7.16. The van der Waals surface area contributed by atoms with E-state index in [0.717, 1.165) is 10.2 Å². The first-order chi connectivity index (χ1) is 9.47. The number of amides is 1. The molecule has 0 bridgehead atoms. The molecule has 0 aliphatic carbocycles. The molecule has 2 rings (SSSR count). The van der Waals surface area contributed by atoms with E-state index in [9.17, 15) is 9.59 Å². The Kier molecular flexibility index (Phi) is 4.34. The van der Waals surface area contributed by atoms with Crippen molar-refractivity contribution in [1.82, 2.24) is 10.3 Å². The normalized spacial score (nSPS) is 12.6. The van der Waals surface area contributed by atoms with Gasteiger partial charge in [-0.25, -0.2) is 9.78 Å². The fourth-order valence-electron chi connectivity index (χ4n) is 1.93. The predicted molar refractivity (Wildman–Crippen MR) is 78.0 cm³/mol. The van der Waals surface area contributed by atoms with E-state index >= 15 is 0 Å². The molecule has 0 aliphatic heterocycles. The predicted octanol–water partition coefficient (Wildman–Crippen LogP) is 2.53. The zero-order valence-corrected chi connectivity index (χ0v) is 12.1. The van der Waals surface area contributed by atoms with Crippen molar-refractivity contribution in [2.75, 3.05) is 0 Å². The summed E-state index contributed by atoms with van der Waals surface area (Å²) < 4.78 is 0.911. The number of nitrogens with one attached hydrogen (secondary N) is 1. The van der Waals surface area contributed by atoms with Gasteiger partial charge in [-0.05, 0) is 30.5 Å². The lowest BCUT2D eigenvalue weighted by molar-refractivity contribution is -0.139. The van der Waals surface area contributed by atoms with Crippen molar-refractivity contribution in [1.29, 1.82) is 0 Å². The lowest BCUT2D eigenvalue weighted by Crippen LogP contribution is -2.41. The number of carbonyl (C=O) groups is 2. The fourth-order valence-corrected chi connectivity index (χ4v) is 2.65. The van der Waals surface area contributed by atoms with Gasteiger partial charge < -0.3 is 10.4 Å². The average Bonchev–Trinajstić information content (AvgIpc) is 2.84. The minimum Gasteiger partial charge on any atom is -0.480 e. The van der Waals surface area contributed by atoms with Crippen LogP contribution in [0.15, 0.2) is 23.7 Å². The number of benzene rings is 1. The number of carboxylic acids is 1. The number of hydrogen-bond acceptors (Lipinski definition) is 4.